The van der Waals surface area contributed by atoms with Crippen LogP contribution in [0.3, 0.4) is 0 Å². The summed E-state index contributed by atoms with van der Waals surface area (Å²) in [4.78, 5) is 14.9. The van der Waals surface area contributed by atoms with Crippen molar-refractivity contribution in [2.45, 2.75) is 11.3 Å². The smallest absolute Gasteiger partial charge is 0.232 e. The number of carbonyl (C=O) groups is 1. The number of benzene rings is 1. The van der Waals surface area contributed by atoms with Crippen LogP contribution in [-0.2, 0) is 4.79 Å². The molecule has 2 N–H and O–H groups in total. The molecule has 1 unspecified atom stereocenters. The molecule has 0 aliphatic carbocycles. The SMILES string of the molecule is Cl.NCC1CCN(C(=O)CSc2ccccc2Cl)C1. The minimum absolute atomic E-state index is 0. The summed E-state index contributed by atoms with van der Waals surface area (Å²) in [5, 5.41) is 0.705. The Labute approximate surface area is 129 Å². The minimum Gasteiger partial charge on any atom is -0.342 e. The summed E-state index contributed by atoms with van der Waals surface area (Å²) in [7, 11) is 0. The summed E-state index contributed by atoms with van der Waals surface area (Å²) in [6.07, 6.45) is 1.03. The van der Waals surface area contributed by atoms with Gasteiger partial charge < -0.3 is 10.6 Å². The van der Waals surface area contributed by atoms with Gasteiger partial charge in [-0.25, -0.2) is 0 Å². The summed E-state index contributed by atoms with van der Waals surface area (Å²) in [5.74, 6) is 1.09. The number of amides is 1. The predicted molar refractivity (Wildman–Crippen MR) is 83.2 cm³/mol. The number of hydrogen-bond acceptors (Lipinski definition) is 3. The fourth-order valence-corrected chi connectivity index (χ4v) is 3.19. The van der Waals surface area contributed by atoms with Gasteiger partial charge in [0, 0.05) is 18.0 Å². The molecule has 1 saturated heterocycles. The number of thioether (sulfide) groups is 1. The Morgan fingerprint density at radius 1 is 1.47 bits per heavy atom. The van der Waals surface area contributed by atoms with Crippen LogP contribution in [0.4, 0.5) is 0 Å². The fourth-order valence-electron chi connectivity index (χ4n) is 2.04. The molecule has 1 aromatic carbocycles. The third-order valence-corrected chi connectivity index (χ3v) is 4.66. The second-order valence-corrected chi connectivity index (χ2v) is 5.87. The van der Waals surface area contributed by atoms with Gasteiger partial charge in [0.25, 0.3) is 0 Å². The third kappa shape index (κ3) is 4.56. The molecule has 19 heavy (non-hydrogen) atoms. The first-order valence-electron chi connectivity index (χ1n) is 6.06. The zero-order chi connectivity index (χ0) is 13.0. The van der Waals surface area contributed by atoms with Crippen LogP contribution in [-0.4, -0.2) is 36.2 Å². The largest absolute Gasteiger partial charge is 0.342 e. The van der Waals surface area contributed by atoms with Crippen molar-refractivity contribution in [1.29, 1.82) is 0 Å². The number of likely N-dealkylation sites (tertiary alicyclic amines) is 1. The lowest BCUT2D eigenvalue weighted by atomic mass is 10.1. The average molecular weight is 321 g/mol. The molecule has 0 aromatic heterocycles. The quantitative estimate of drug-likeness (QED) is 0.867. The Morgan fingerprint density at radius 3 is 2.84 bits per heavy atom. The normalized spacial score (nSPS) is 18.2. The van der Waals surface area contributed by atoms with Gasteiger partial charge in [-0.2, -0.15) is 0 Å². The topological polar surface area (TPSA) is 46.3 Å². The van der Waals surface area contributed by atoms with Crippen molar-refractivity contribution in [3.8, 4) is 0 Å². The Morgan fingerprint density at radius 2 is 2.21 bits per heavy atom. The van der Waals surface area contributed by atoms with Crippen LogP contribution >= 0.6 is 35.8 Å². The van der Waals surface area contributed by atoms with Crippen LogP contribution in [0.1, 0.15) is 6.42 Å². The van der Waals surface area contributed by atoms with E-state index in [1.54, 1.807) is 0 Å². The van der Waals surface area contributed by atoms with E-state index in [1.165, 1.54) is 11.8 Å². The Bertz CT molecular complexity index is 431. The first-order chi connectivity index (χ1) is 8.70. The molecule has 1 aliphatic rings. The molecule has 0 radical (unpaired) electrons. The summed E-state index contributed by atoms with van der Waals surface area (Å²) < 4.78 is 0. The van der Waals surface area contributed by atoms with Gasteiger partial charge in [0.05, 0.1) is 10.8 Å². The lowest BCUT2D eigenvalue weighted by molar-refractivity contribution is -0.127. The maximum absolute atomic E-state index is 12.0. The summed E-state index contributed by atoms with van der Waals surface area (Å²) in [6.45, 7) is 2.31. The van der Waals surface area contributed by atoms with E-state index in [0.29, 0.717) is 23.2 Å². The number of nitrogens with zero attached hydrogens (tertiary/aromatic N) is 1. The average Bonchev–Trinajstić information content (AvgIpc) is 2.86. The molecule has 1 aliphatic heterocycles. The Balaban J connectivity index is 0.00000180. The van der Waals surface area contributed by atoms with Crippen LogP contribution in [0.2, 0.25) is 5.02 Å². The van der Waals surface area contributed by atoms with Crippen molar-refractivity contribution in [2.24, 2.45) is 11.7 Å². The zero-order valence-corrected chi connectivity index (χ0v) is 12.9. The number of nitrogens with two attached hydrogens (primary N) is 1. The van der Waals surface area contributed by atoms with Crippen LogP contribution in [0.5, 0.6) is 0 Å². The maximum atomic E-state index is 12.0. The standard InChI is InChI=1S/C13H17ClN2OS.ClH/c14-11-3-1-2-4-12(11)18-9-13(17)16-6-5-10(7-15)8-16;/h1-4,10H,5-9,15H2;1H. The molecular weight excluding hydrogens is 303 g/mol. The van der Waals surface area contributed by atoms with E-state index in [2.05, 4.69) is 0 Å². The monoisotopic (exact) mass is 320 g/mol. The third-order valence-electron chi connectivity index (χ3n) is 3.16. The first-order valence-corrected chi connectivity index (χ1v) is 7.42. The molecule has 1 aromatic rings. The van der Waals surface area contributed by atoms with Gasteiger partial charge in [-0.1, -0.05) is 23.7 Å². The fraction of sp³-hybridized carbons (Fsp3) is 0.462. The van der Waals surface area contributed by atoms with E-state index >= 15 is 0 Å². The molecule has 1 atom stereocenters. The van der Waals surface area contributed by atoms with Gasteiger partial charge in [-0.05, 0) is 31.0 Å². The molecule has 0 saturated carbocycles. The van der Waals surface area contributed by atoms with Gasteiger partial charge in [0.1, 0.15) is 0 Å². The molecule has 0 bridgehead atoms. The molecule has 106 valence electrons. The van der Waals surface area contributed by atoms with Gasteiger partial charge in [0.15, 0.2) is 0 Å². The maximum Gasteiger partial charge on any atom is 0.232 e. The van der Waals surface area contributed by atoms with Crippen molar-refractivity contribution in [2.75, 3.05) is 25.4 Å². The lowest BCUT2D eigenvalue weighted by Crippen LogP contribution is -2.31. The minimum atomic E-state index is 0. The van der Waals surface area contributed by atoms with E-state index < -0.39 is 0 Å². The lowest BCUT2D eigenvalue weighted by Gasteiger charge is -2.16. The van der Waals surface area contributed by atoms with E-state index in [1.807, 2.05) is 29.2 Å². The van der Waals surface area contributed by atoms with Crippen LogP contribution in [0, 0.1) is 5.92 Å². The van der Waals surface area contributed by atoms with E-state index in [4.69, 9.17) is 17.3 Å². The van der Waals surface area contributed by atoms with Crippen LogP contribution < -0.4 is 5.73 Å². The van der Waals surface area contributed by atoms with Crippen molar-refractivity contribution >= 4 is 41.7 Å². The van der Waals surface area contributed by atoms with Crippen molar-refractivity contribution in [1.82, 2.24) is 4.90 Å². The van der Waals surface area contributed by atoms with Gasteiger partial charge in [0.2, 0.25) is 5.91 Å². The van der Waals surface area contributed by atoms with E-state index in [-0.39, 0.29) is 18.3 Å². The highest BCUT2D eigenvalue weighted by Gasteiger charge is 2.24. The molecule has 1 amide bonds. The van der Waals surface area contributed by atoms with Crippen molar-refractivity contribution in [3.05, 3.63) is 29.3 Å². The van der Waals surface area contributed by atoms with Gasteiger partial charge >= 0.3 is 0 Å². The van der Waals surface area contributed by atoms with Crippen LogP contribution in [0.15, 0.2) is 29.2 Å². The zero-order valence-electron chi connectivity index (χ0n) is 10.5. The number of halogens is 2. The van der Waals surface area contributed by atoms with E-state index in [9.17, 15) is 4.79 Å². The summed E-state index contributed by atoms with van der Waals surface area (Å²) in [6, 6.07) is 7.60. The van der Waals surface area contributed by atoms with Crippen LogP contribution in [0.25, 0.3) is 0 Å². The highest BCUT2D eigenvalue weighted by Crippen LogP contribution is 2.27. The molecule has 3 nitrogen and oxygen atoms in total. The molecule has 6 heteroatoms. The summed E-state index contributed by atoms with van der Waals surface area (Å²) >= 11 is 7.55. The second-order valence-electron chi connectivity index (χ2n) is 4.45. The number of carbonyl (C=O) groups excluding carboxylic acids is 1. The molecule has 1 heterocycles. The van der Waals surface area contributed by atoms with Crippen molar-refractivity contribution in [3.63, 3.8) is 0 Å². The number of hydrogen-bond donors (Lipinski definition) is 1. The Hall–Kier alpha value is -0.420. The predicted octanol–water partition coefficient (Wildman–Crippen LogP) is 2.66. The second kappa shape index (κ2) is 8.00. The number of rotatable bonds is 4. The molecule has 1 fully saturated rings. The molecule has 0 spiro atoms. The highest BCUT2D eigenvalue weighted by molar-refractivity contribution is 8.00. The van der Waals surface area contributed by atoms with Gasteiger partial charge in [-0.3, -0.25) is 4.79 Å². The molecular formula is C13H18Cl2N2OS. The molecule has 2 rings (SSSR count). The van der Waals surface area contributed by atoms with Crippen molar-refractivity contribution < 1.29 is 4.79 Å². The van der Waals surface area contributed by atoms with Gasteiger partial charge in [-0.15, -0.1) is 24.2 Å². The first kappa shape index (κ1) is 16.6. The van der Waals surface area contributed by atoms with E-state index in [0.717, 1.165) is 24.4 Å². The summed E-state index contributed by atoms with van der Waals surface area (Å²) in [5.41, 5.74) is 5.62. The highest BCUT2D eigenvalue weighted by atomic mass is 35.5. The Kier molecular flexibility index (Phi) is 7.00.